The minimum Gasteiger partial charge on any atom is -0.348 e. The largest absolute Gasteiger partial charge is 0.348 e. The topological polar surface area (TPSA) is 65.8 Å². The molecule has 1 N–H and O–H groups in total. The summed E-state index contributed by atoms with van der Waals surface area (Å²) in [6, 6.07) is 13.2. The van der Waals surface area contributed by atoms with Crippen LogP contribution in [0.5, 0.6) is 0 Å². The Kier molecular flexibility index (Phi) is 4.80. The number of nitrogens with one attached hydrogen (secondary N) is 1. The van der Waals surface area contributed by atoms with Crippen LogP contribution in [0.2, 0.25) is 0 Å². The average molecular weight is 307 g/mol. The molecule has 1 amide bonds. The summed E-state index contributed by atoms with van der Waals surface area (Å²) >= 11 is 0. The molecular weight excluding hydrogens is 286 g/mol. The summed E-state index contributed by atoms with van der Waals surface area (Å²) in [5, 5.41) is 11.9. The van der Waals surface area contributed by atoms with E-state index in [0.717, 1.165) is 16.8 Å². The normalized spacial score (nSPS) is 12.3. The molecule has 1 heterocycles. The van der Waals surface area contributed by atoms with Crippen LogP contribution in [-0.2, 0) is 4.79 Å². The third-order valence-electron chi connectivity index (χ3n) is 3.60. The molecule has 0 bridgehead atoms. The lowest BCUT2D eigenvalue weighted by Gasteiger charge is -2.21. The van der Waals surface area contributed by atoms with Gasteiger partial charge in [0.15, 0.2) is 0 Å². The molecule has 1 aromatic carbocycles. The van der Waals surface area contributed by atoms with Crippen molar-refractivity contribution in [3.63, 3.8) is 0 Å². The predicted octanol–water partition coefficient (Wildman–Crippen LogP) is 3.84. The molecule has 0 radical (unpaired) electrons. The van der Waals surface area contributed by atoms with Gasteiger partial charge in [-0.25, -0.2) is 0 Å². The molecule has 1 aromatic heterocycles. The summed E-state index contributed by atoms with van der Waals surface area (Å²) in [5.74, 6) is -0.00410. The Morgan fingerprint density at radius 1 is 1.17 bits per heavy atom. The maximum atomic E-state index is 12.1. The molecule has 4 nitrogen and oxygen atoms in total. The highest BCUT2D eigenvalue weighted by atomic mass is 16.2. The molecule has 0 aliphatic carbocycles. The molecule has 1 atom stereocenters. The van der Waals surface area contributed by atoms with E-state index in [1.54, 1.807) is 18.3 Å². The van der Waals surface area contributed by atoms with Gasteiger partial charge in [-0.05, 0) is 42.3 Å². The van der Waals surface area contributed by atoms with Crippen molar-refractivity contribution in [2.75, 3.05) is 0 Å². The summed E-state index contributed by atoms with van der Waals surface area (Å²) in [6.07, 6.45) is 1.74. The van der Waals surface area contributed by atoms with Crippen LogP contribution in [0.3, 0.4) is 0 Å². The molecule has 0 unspecified atom stereocenters. The number of nitrogens with zero attached hydrogens (tertiary/aromatic N) is 2. The summed E-state index contributed by atoms with van der Waals surface area (Å²) in [5.41, 5.74) is 3.04. The third kappa shape index (κ3) is 4.17. The molecular formula is C19H21N3O. The van der Waals surface area contributed by atoms with Gasteiger partial charge in [0.05, 0.1) is 23.4 Å². The second-order valence-electron chi connectivity index (χ2n) is 6.60. The lowest BCUT2D eigenvalue weighted by atomic mass is 9.95. The Labute approximate surface area is 137 Å². The second kappa shape index (κ2) is 6.62. The number of hydrogen-bond donors (Lipinski definition) is 1. The zero-order chi connectivity index (χ0) is 17.0. The van der Waals surface area contributed by atoms with Gasteiger partial charge in [-0.3, -0.25) is 9.78 Å². The van der Waals surface area contributed by atoms with Gasteiger partial charge in [0.2, 0.25) is 5.91 Å². The van der Waals surface area contributed by atoms with E-state index in [4.69, 9.17) is 5.26 Å². The molecule has 0 aliphatic rings. The standard InChI is InChI=1S/C19H21N3O/c1-13(22-18(23)19(2,3)4)17-11-16(9-10-21-17)15-7-5-14(12-20)6-8-15/h5-11,13H,1-4H3,(H,22,23)/t13-/m0/s1. The van der Waals surface area contributed by atoms with E-state index in [0.29, 0.717) is 5.56 Å². The molecule has 0 aliphatic heterocycles. The highest BCUT2D eigenvalue weighted by Gasteiger charge is 2.23. The number of aromatic nitrogens is 1. The molecule has 0 spiro atoms. The van der Waals surface area contributed by atoms with Crippen molar-refractivity contribution in [2.24, 2.45) is 5.41 Å². The Morgan fingerprint density at radius 3 is 2.39 bits per heavy atom. The van der Waals surface area contributed by atoms with Crippen LogP contribution >= 0.6 is 0 Å². The maximum Gasteiger partial charge on any atom is 0.225 e. The van der Waals surface area contributed by atoms with Gasteiger partial charge in [0.1, 0.15) is 0 Å². The molecule has 2 aromatic rings. The van der Waals surface area contributed by atoms with Gasteiger partial charge < -0.3 is 5.32 Å². The Hall–Kier alpha value is -2.67. The van der Waals surface area contributed by atoms with Crippen LogP contribution in [0.4, 0.5) is 0 Å². The van der Waals surface area contributed by atoms with Crippen molar-refractivity contribution in [1.29, 1.82) is 5.26 Å². The van der Waals surface area contributed by atoms with Crippen molar-refractivity contribution >= 4 is 5.91 Å². The Morgan fingerprint density at radius 2 is 1.83 bits per heavy atom. The first kappa shape index (κ1) is 16.7. The van der Waals surface area contributed by atoms with Crippen LogP contribution in [0.1, 0.15) is 45.0 Å². The van der Waals surface area contributed by atoms with Crippen molar-refractivity contribution < 1.29 is 4.79 Å². The van der Waals surface area contributed by atoms with Gasteiger partial charge in [0.25, 0.3) is 0 Å². The fourth-order valence-electron chi connectivity index (χ4n) is 2.09. The number of nitriles is 1. The van der Waals surface area contributed by atoms with E-state index in [-0.39, 0.29) is 11.9 Å². The summed E-state index contributed by atoms with van der Waals surface area (Å²) in [7, 11) is 0. The maximum absolute atomic E-state index is 12.1. The summed E-state index contributed by atoms with van der Waals surface area (Å²) < 4.78 is 0. The Bertz CT molecular complexity index is 736. The molecule has 0 saturated carbocycles. The van der Waals surface area contributed by atoms with Crippen LogP contribution in [0.25, 0.3) is 11.1 Å². The summed E-state index contributed by atoms with van der Waals surface area (Å²) in [4.78, 5) is 16.5. The van der Waals surface area contributed by atoms with E-state index in [9.17, 15) is 4.79 Å². The van der Waals surface area contributed by atoms with Gasteiger partial charge in [0, 0.05) is 11.6 Å². The molecule has 4 heteroatoms. The van der Waals surface area contributed by atoms with Crippen LogP contribution in [-0.4, -0.2) is 10.9 Å². The number of benzene rings is 1. The fraction of sp³-hybridized carbons (Fsp3) is 0.316. The number of hydrogen-bond acceptors (Lipinski definition) is 3. The zero-order valence-electron chi connectivity index (χ0n) is 13.9. The van der Waals surface area contributed by atoms with Gasteiger partial charge in [-0.1, -0.05) is 32.9 Å². The fourth-order valence-corrected chi connectivity index (χ4v) is 2.09. The molecule has 23 heavy (non-hydrogen) atoms. The smallest absolute Gasteiger partial charge is 0.225 e. The van der Waals surface area contributed by atoms with Crippen LogP contribution in [0.15, 0.2) is 42.6 Å². The quantitative estimate of drug-likeness (QED) is 0.936. The van der Waals surface area contributed by atoms with E-state index >= 15 is 0 Å². The van der Waals surface area contributed by atoms with E-state index in [1.165, 1.54) is 0 Å². The van der Waals surface area contributed by atoms with Gasteiger partial charge in [-0.15, -0.1) is 0 Å². The summed E-state index contributed by atoms with van der Waals surface area (Å²) in [6.45, 7) is 7.58. The van der Waals surface area contributed by atoms with Gasteiger partial charge in [-0.2, -0.15) is 5.26 Å². The Balaban J connectivity index is 2.22. The number of rotatable bonds is 3. The lowest BCUT2D eigenvalue weighted by Crippen LogP contribution is -2.36. The third-order valence-corrected chi connectivity index (χ3v) is 3.60. The zero-order valence-corrected chi connectivity index (χ0v) is 13.9. The van der Waals surface area contributed by atoms with Crippen LogP contribution in [0, 0.1) is 16.7 Å². The highest BCUT2D eigenvalue weighted by Crippen LogP contribution is 2.23. The van der Waals surface area contributed by atoms with E-state index < -0.39 is 5.41 Å². The molecule has 2 rings (SSSR count). The SMILES string of the molecule is C[C@H](NC(=O)C(C)(C)C)c1cc(-c2ccc(C#N)cc2)ccn1. The first-order valence-electron chi connectivity index (χ1n) is 7.58. The minimum absolute atomic E-state index is 0.00410. The number of pyridine rings is 1. The number of carbonyl (C=O) groups is 1. The average Bonchev–Trinajstić information content (AvgIpc) is 2.54. The van der Waals surface area contributed by atoms with Crippen molar-refractivity contribution in [3.05, 3.63) is 53.9 Å². The van der Waals surface area contributed by atoms with Crippen molar-refractivity contribution in [2.45, 2.75) is 33.7 Å². The molecule has 118 valence electrons. The lowest BCUT2D eigenvalue weighted by molar-refractivity contribution is -0.129. The first-order valence-corrected chi connectivity index (χ1v) is 7.58. The van der Waals surface area contributed by atoms with E-state index in [1.807, 2.05) is 52.0 Å². The highest BCUT2D eigenvalue weighted by molar-refractivity contribution is 5.81. The number of amides is 1. The van der Waals surface area contributed by atoms with Crippen molar-refractivity contribution in [1.82, 2.24) is 10.3 Å². The minimum atomic E-state index is -0.432. The second-order valence-corrected chi connectivity index (χ2v) is 6.60. The first-order chi connectivity index (χ1) is 10.8. The molecule has 0 saturated heterocycles. The monoisotopic (exact) mass is 307 g/mol. The predicted molar refractivity (Wildman–Crippen MR) is 90.4 cm³/mol. The molecule has 0 fully saturated rings. The van der Waals surface area contributed by atoms with E-state index in [2.05, 4.69) is 16.4 Å². The van der Waals surface area contributed by atoms with Crippen LogP contribution < -0.4 is 5.32 Å². The number of carbonyl (C=O) groups excluding carboxylic acids is 1. The van der Waals surface area contributed by atoms with Gasteiger partial charge >= 0.3 is 0 Å². The van der Waals surface area contributed by atoms with Crippen molar-refractivity contribution in [3.8, 4) is 17.2 Å².